The van der Waals surface area contributed by atoms with Crippen LogP contribution in [0.25, 0.3) is 0 Å². The minimum Gasteiger partial charge on any atom is -0.466 e. The molecule has 2 unspecified atom stereocenters. The standard InChI is InChI=1S/C10H20O2/c1-5-7-8(3)9(4)10(11)12-6-2/h8-9H,5-7H2,1-4H3. The van der Waals surface area contributed by atoms with Crippen molar-refractivity contribution in [1.29, 1.82) is 0 Å². The van der Waals surface area contributed by atoms with E-state index in [9.17, 15) is 4.79 Å². The third-order valence-corrected chi connectivity index (χ3v) is 2.26. The van der Waals surface area contributed by atoms with E-state index in [0.717, 1.165) is 12.8 Å². The van der Waals surface area contributed by atoms with Crippen molar-refractivity contribution in [3.8, 4) is 0 Å². The molecule has 0 aromatic rings. The third-order valence-electron chi connectivity index (χ3n) is 2.26. The van der Waals surface area contributed by atoms with Crippen LogP contribution in [0, 0.1) is 11.8 Å². The van der Waals surface area contributed by atoms with Crippen molar-refractivity contribution in [2.24, 2.45) is 11.8 Å². The van der Waals surface area contributed by atoms with Crippen LogP contribution in [0.2, 0.25) is 0 Å². The zero-order valence-electron chi connectivity index (χ0n) is 8.59. The minimum absolute atomic E-state index is 0.0462. The number of hydrogen-bond donors (Lipinski definition) is 0. The highest BCUT2D eigenvalue weighted by atomic mass is 16.5. The third kappa shape index (κ3) is 3.74. The molecular formula is C10H20O2. The second kappa shape index (κ2) is 6.04. The average Bonchev–Trinajstić information content (AvgIpc) is 2.04. The number of carbonyl (C=O) groups is 1. The van der Waals surface area contributed by atoms with Gasteiger partial charge < -0.3 is 4.74 Å². The molecule has 12 heavy (non-hydrogen) atoms. The Morgan fingerprint density at radius 3 is 2.33 bits per heavy atom. The van der Waals surface area contributed by atoms with Crippen LogP contribution in [0.3, 0.4) is 0 Å². The predicted octanol–water partition coefficient (Wildman–Crippen LogP) is 2.62. The van der Waals surface area contributed by atoms with Gasteiger partial charge in [0, 0.05) is 0 Å². The highest BCUT2D eigenvalue weighted by Gasteiger charge is 2.20. The molecule has 0 aromatic heterocycles. The molecule has 0 aromatic carbocycles. The highest BCUT2D eigenvalue weighted by Crippen LogP contribution is 2.17. The van der Waals surface area contributed by atoms with Crippen molar-refractivity contribution in [3.05, 3.63) is 0 Å². The summed E-state index contributed by atoms with van der Waals surface area (Å²) in [6, 6.07) is 0. The Hall–Kier alpha value is -0.530. The van der Waals surface area contributed by atoms with E-state index in [1.54, 1.807) is 0 Å². The number of rotatable bonds is 5. The quantitative estimate of drug-likeness (QED) is 0.596. The summed E-state index contributed by atoms with van der Waals surface area (Å²) in [6.45, 7) is 8.51. The summed E-state index contributed by atoms with van der Waals surface area (Å²) in [4.78, 5) is 11.2. The van der Waals surface area contributed by atoms with Gasteiger partial charge in [-0.1, -0.05) is 33.6 Å². The normalized spacial score (nSPS) is 15.3. The van der Waals surface area contributed by atoms with Crippen molar-refractivity contribution in [3.63, 3.8) is 0 Å². The lowest BCUT2D eigenvalue weighted by atomic mass is 9.92. The van der Waals surface area contributed by atoms with Gasteiger partial charge in [-0.15, -0.1) is 0 Å². The lowest BCUT2D eigenvalue weighted by molar-refractivity contribution is -0.149. The van der Waals surface area contributed by atoms with Crippen molar-refractivity contribution in [1.82, 2.24) is 0 Å². The van der Waals surface area contributed by atoms with E-state index < -0.39 is 0 Å². The summed E-state index contributed by atoms with van der Waals surface area (Å²) in [5.74, 6) is 0.428. The fourth-order valence-electron chi connectivity index (χ4n) is 1.21. The monoisotopic (exact) mass is 172 g/mol. The summed E-state index contributed by atoms with van der Waals surface area (Å²) in [6.07, 6.45) is 2.23. The first kappa shape index (κ1) is 11.5. The van der Waals surface area contributed by atoms with E-state index >= 15 is 0 Å². The van der Waals surface area contributed by atoms with Gasteiger partial charge in [-0.3, -0.25) is 4.79 Å². The Balaban J connectivity index is 3.82. The summed E-state index contributed by atoms with van der Waals surface area (Å²) in [7, 11) is 0. The molecule has 0 aliphatic carbocycles. The van der Waals surface area contributed by atoms with E-state index in [0.29, 0.717) is 12.5 Å². The second-order valence-corrected chi connectivity index (χ2v) is 3.31. The Kier molecular flexibility index (Phi) is 5.77. The number of hydrogen-bond acceptors (Lipinski definition) is 2. The van der Waals surface area contributed by atoms with Crippen molar-refractivity contribution >= 4 is 5.97 Å². The highest BCUT2D eigenvalue weighted by molar-refractivity contribution is 5.72. The fourth-order valence-corrected chi connectivity index (χ4v) is 1.21. The van der Waals surface area contributed by atoms with E-state index in [4.69, 9.17) is 4.74 Å². The van der Waals surface area contributed by atoms with Gasteiger partial charge in [0.15, 0.2) is 0 Å². The maximum atomic E-state index is 11.2. The minimum atomic E-state index is -0.0570. The van der Waals surface area contributed by atoms with Crippen LogP contribution in [-0.4, -0.2) is 12.6 Å². The van der Waals surface area contributed by atoms with Gasteiger partial charge in [-0.2, -0.15) is 0 Å². The lowest BCUT2D eigenvalue weighted by Gasteiger charge is -2.17. The zero-order chi connectivity index (χ0) is 9.56. The predicted molar refractivity (Wildman–Crippen MR) is 49.9 cm³/mol. The molecule has 0 rings (SSSR count). The molecule has 0 aliphatic rings. The van der Waals surface area contributed by atoms with E-state index in [2.05, 4.69) is 13.8 Å². The van der Waals surface area contributed by atoms with E-state index in [1.807, 2.05) is 13.8 Å². The van der Waals surface area contributed by atoms with Gasteiger partial charge in [0.25, 0.3) is 0 Å². The molecule has 0 amide bonds. The maximum Gasteiger partial charge on any atom is 0.308 e. The molecule has 2 nitrogen and oxygen atoms in total. The first-order valence-corrected chi connectivity index (χ1v) is 4.80. The summed E-state index contributed by atoms with van der Waals surface area (Å²) in [5.41, 5.74) is 0. The lowest BCUT2D eigenvalue weighted by Crippen LogP contribution is -2.21. The largest absolute Gasteiger partial charge is 0.466 e. The smallest absolute Gasteiger partial charge is 0.308 e. The van der Waals surface area contributed by atoms with Gasteiger partial charge in [-0.25, -0.2) is 0 Å². The molecule has 0 N–H and O–H groups in total. The molecular weight excluding hydrogens is 152 g/mol. The van der Waals surface area contributed by atoms with Gasteiger partial charge >= 0.3 is 5.97 Å². The molecule has 0 fully saturated rings. The average molecular weight is 172 g/mol. The Morgan fingerprint density at radius 1 is 1.33 bits per heavy atom. The molecule has 0 radical (unpaired) electrons. The van der Waals surface area contributed by atoms with Gasteiger partial charge in [0.1, 0.15) is 0 Å². The first-order chi connectivity index (χ1) is 5.63. The SMILES string of the molecule is CCCC(C)C(C)C(=O)OCC. The molecule has 0 aliphatic heterocycles. The summed E-state index contributed by atoms with van der Waals surface area (Å²) in [5, 5.41) is 0. The molecule has 0 saturated carbocycles. The molecule has 2 heteroatoms. The van der Waals surface area contributed by atoms with Crippen molar-refractivity contribution in [2.75, 3.05) is 6.61 Å². The Morgan fingerprint density at radius 2 is 1.92 bits per heavy atom. The zero-order valence-corrected chi connectivity index (χ0v) is 8.59. The molecule has 0 heterocycles. The van der Waals surface area contributed by atoms with Crippen LogP contribution in [0.5, 0.6) is 0 Å². The van der Waals surface area contributed by atoms with Crippen LogP contribution < -0.4 is 0 Å². The molecule has 0 bridgehead atoms. The second-order valence-electron chi connectivity index (χ2n) is 3.31. The maximum absolute atomic E-state index is 11.2. The van der Waals surface area contributed by atoms with Crippen LogP contribution in [0.15, 0.2) is 0 Å². The number of esters is 1. The number of carbonyl (C=O) groups excluding carboxylic acids is 1. The summed E-state index contributed by atoms with van der Waals surface area (Å²) >= 11 is 0. The summed E-state index contributed by atoms with van der Waals surface area (Å²) < 4.78 is 4.93. The van der Waals surface area contributed by atoms with Gasteiger partial charge in [-0.05, 0) is 12.8 Å². The molecule has 0 spiro atoms. The molecule has 0 saturated heterocycles. The molecule has 2 atom stereocenters. The van der Waals surface area contributed by atoms with Crippen LogP contribution in [0.1, 0.15) is 40.5 Å². The van der Waals surface area contributed by atoms with E-state index in [1.165, 1.54) is 0 Å². The topological polar surface area (TPSA) is 26.3 Å². The van der Waals surface area contributed by atoms with Gasteiger partial charge in [0.2, 0.25) is 0 Å². The van der Waals surface area contributed by atoms with Gasteiger partial charge in [0.05, 0.1) is 12.5 Å². The fraction of sp³-hybridized carbons (Fsp3) is 0.900. The Bertz CT molecular complexity index is 132. The first-order valence-electron chi connectivity index (χ1n) is 4.80. The number of ether oxygens (including phenoxy) is 1. The van der Waals surface area contributed by atoms with Crippen LogP contribution in [0.4, 0.5) is 0 Å². The van der Waals surface area contributed by atoms with Crippen LogP contribution >= 0.6 is 0 Å². The Labute approximate surface area is 75.3 Å². The van der Waals surface area contributed by atoms with E-state index in [-0.39, 0.29) is 11.9 Å². The molecule has 72 valence electrons. The van der Waals surface area contributed by atoms with Crippen molar-refractivity contribution < 1.29 is 9.53 Å². The van der Waals surface area contributed by atoms with Crippen molar-refractivity contribution in [2.45, 2.75) is 40.5 Å². The van der Waals surface area contributed by atoms with Crippen LogP contribution in [-0.2, 0) is 9.53 Å².